The molecule has 2 amide bonds. The number of nitrogens with zero attached hydrogens (tertiary/aromatic N) is 1. The second-order valence-corrected chi connectivity index (χ2v) is 8.56. The average Bonchev–Trinajstić information content (AvgIpc) is 3.58. The summed E-state index contributed by atoms with van der Waals surface area (Å²) >= 11 is 0. The molecule has 0 bridgehead atoms. The van der Waals surface area contributed by atoms with Crippen LogP contribution in [0.5, 0.6) is 5.75 Å². The molecule has 4 aromatic rings. The van der Waals surface area contributed by atoms with Crippen molar-refractivity contribution in [2.75, 3.05) is 0 Å². The molecular formula is C26H24N4O5. The Morgan fingerprint density at radius 1 is 1.09 bits per heavy atom. The van der Waals surface area contributed by atoms with E-state index in [1.54, 1.807) is 49.1 Å². The minimum absolute atomic E-state index is 0.220. The van der Waals surface area contributed by atoms with Gasteiger partial charge < -0.3 is 19.6 Å². The molecule has 0 spiro atoms. The number of rotatable bonds is 7. The summed E-state index contributed by atoms with van der Waals surface area (Å²) in [7, 11) is 1.68. The van der Waals surface area contributed by atoms with Crippen molar-refractivity contribution in [3.8, 4) is 16.9 Å². The van der Waals surface area contributed by atoms with E-state index in [9.17, 15) is 14.4 Å². The van der Waals surface area contributed by atoms with E-state index in [1.807, 2.05) is 24.3 Å². The van der Waals surface area contributed by atoms with Crippen molar-refractivity contribution in [2.45, 2.75) is 25.5 Å². The molecule has 178 valence electrons. The first-order chi connectivity index (χ1) is 16.9. The molecule has 0 radical (unpaired) electrons. The van der Waals surface area contributed by atoms with Crippen molar-refractivity contribution in [3.63, 3.8) is 0 Å². The number of aromatic amines is 1. The van der Waals surface area contributed by atoms with Gasteiger partial charge in [-0.25, -0.2) is 5.48 Å². The van der Waals surface area contributed by atoms with Crippen LogP contribution >= 0.6 is 0 Å². The van der Waals surface area contributed by atoms with E-state index in [0.29, 0.717) is 16.5 Å². The molecule has 1 saturated carbocycles. The zero-order valence-corrected chi connectivity index (χ0v) is 19.0. The van der Waals surface area contributed by atoms with Crippen LogP contribution in [0.3, 0.4) is 0 Å². The third-order valence-corrected chi connectivity index (χ3v) is 5.98. The van der Waals surface area contributed by atoms with Gasteiger partial charge in [0.05, 0.1) is 6.10 Å². The fourth-order valence-electron chi connectivity index (χ4n) is 3.94. The van der Waals surface area contributed by atoms with E-state index in [2.05, 4.69) is 10.3 Å². The van der Waals surface area contributed by atoms with Crippen LogP contribution in [0.1, 0.15) is 39.3 Å². The summed E-state index contributed by atoms with van der Waals surface area (Å²) in [5, 5.41) is 12.2. The molecule has 2 heterocycles. The first kappa shape index (κ1) is 22.4. The number of benzene rings is 2. The van der Waals surface area contributed by atoms with Crippen LogP contribution in [0.25, 0.3) is 22.0 Å². The van der Waals surface area contributed by atoms with E-state index in [-0.39, 0.29) is 29.8 Å². The molecule has 0 atom stereocenters. The molecule has 9 heteroatoms. The SMILES string of the molecule is Cn1cc(-c2ccccc2OC2CC2)c2cc(C(=O)NCc3ccc(C(=O)NO)cc3)[nH]c2c1=O. The summed E-state index contributed by atoms with van der Waals surface area (Å²) in [6.45, 7) is 0.220. The van der Waals surface area contributed by atoms with Crippen molar-refractivity contribution >= 4 is 22.7 Å². The highest BCUT2D eigenvalue weighted by molar-refractivity contribution is 6.03. The Balaban J connectivity index is 1.43. The van der Waals surface area contributed by atoms with Crippen LogP contribution in [-0.4, -0.2) is 32.7 Å². The predicted octanol–water partition coefficient (Wildman–Crippen LogP) is 3.12. The largest absolute Gasteiger partial charge is 0.490 e. The van der Waals surface area contributed by atoms with E-state index in [4.69, 9.17) is 9.94 Å². The third-order valence-electron chi connectivity index (χ3n) is 5.98. The Morgan fingerprint density at radius 2 is 1.83 bits per heavy atom. The number of hydrogen-bond donors (Lipinski definition) is 4. The number of carbonyl (C=O) groups excluding carboxylic acids is 2. The van der Waals surface area contributed by atoms with E-state index in [1.165, 1.54) is 4.57 Å². The second kappa shape index (κ2) is 9.11. The molecule has 5 rings (SSSR count). The van der Waals surface area contributed by atoms with Crippen LogP contribution in [0.15, 0.2) is 65.6 Å². The van der Waals surface area contributed by atoms with Gasteiger partial charge in [-0.05, 0) is 42.7 Å². The molecule has 2 aromatic heterocycles. The van der Waals surface area contributed by atoms with E-state index in [0.717, 1.165) is 35.3 Å². The summed E-state index contributed by atoms with van der Waals surface area (Å²) in [5.74, 6) is -0.227. The van der Waals surface area contributed by atoms with E-state index >= 15 is 0 Å². The monoisotopic (exact) mass is 472 g/mol. The minimum atomic E-state index is -0.611. The van der Waals surface area contributed by atoms with Gasteiger partial charge in [0.15, 0.2) is 0 Å². The minimum Gasteiger partial charge on any atom is -0.490 e. The highest BCUT2D eigenvalue weighted by Crippen LogP contribution is 2.37. The van der Waals surface area contributed by atoms with Gasteiger partial charge in [0, 0.05) is 41.9 Å². The van der Waals surface area contributed by atoms with Crippen LogP contribution in [-0.2, 0) is 13.6 Å². The third kappa shape index (κ3) is 4.53. The van der Waals surface area contributed by atoms with Gasteiger partial charge in [-0.15, -0.1) is 0 Å². The number of hydroxylamine groups is 1. The van der Waals surface area contributed by atoms with Gasteiger partial charge in [0.1, 0.15) is 17.0 Å². The lowest BCUT2D eigenvalue weighted by Crippen LogP contribution is -2.23. The number of aromatic nitrogens is 2. The number of amides is 2. The maximum Gasteiger partial charge on any atom is 0.274 e. The molecule has 1 fully saturated rings. The number of nitrogens with one attached hydrogen (secondary N) is 3. The zero-order valence-electron chi connectivity index (χ0n) is 19.0. The first-order valence-electron chi connectivity index (χ1n) is 11.2. The first-order valence-corrected chi connectivity index (χ1v) is 11.2. The number of aryl methyl sites for hydroxylation is 1. The highest BCUT2D eigenvalue weighted by atomic mass is 16.5. The molecule has 35 heavy (non-hydrogen) atoms. The summed E-state index contributed by atoms with van der Waals surface area (Å²) < 4.78 is 7.58. The quantitative estimate of drug-likeness (QED) is 0.243. The normalized spacial score (nSPS) is 13.0. The number of carbonyl (C=O) groups is 2. The molecule has 2 aromatic carbocycles. The number of ether oxygens (including phenoxy) is 1. The molecule has 0 unspecified atom stereocenters. The van der Waals surface area contributed by atoms with Gasteiger partial charge in [-0.2, -0.15) is 0 Å². The summed E-state index contributed by atoms with van der Waals surface area (Å²) in [6, 6.07) is 15.8. The fourth-order valence-corrected chi connectivity index (χ4v) is 3.94. The summed E-state index contributed by atoms with van der Waals surface area (Å²) in [4.78, 5) is 40.2. The molecule has 0 saturated heterocycles. The van der Waals surface area contributed by atoms with Crippen LogP contribution in [0, 0.1) is 0 Å². The lowest BCUT2D eigenvalue weighted by Gasteiger charge is -2.12. The van der Waals surface area contributed by atoms with Gasteiger partial charge in [0.25, 0.3) is 17.4 Å². The van der Waals surface area contributed by atoms with Crippen molar-refractivity contribution in [2.24, 2.45) is 7.05 Å². The lowest BCUT2D eigenvalue weighted by atomic mass is 10.0. The highest BCUT2D eigenvalue weighted by Gasteiger charge is 2.25. The fraction of sp³-hybridized carbons (Fsp3) is 0.192. The smallest absolute Gasteiger partial charge is 0.274 e. The van der Waals surface area contributed by atoms with Crippen molar-refractivity contribution in [1.29, 1.82) is 0 Å². The number of hydrogen-bond acceptors (Lipinski definition) is 5. The molecule has 4 N–H and O–H groups in total. The van der Waals surface area contributed by atoms with Crippen LogP contribution in [0.2, 0.25) is 0 Å². The van der Waals surface area contributed by atoms with Crippen LogP contribution < -0.4 is 21.1 Å². The van der Waals surface area contributed by atoms with Gasteiger partial charge in [-0.1, -0.05) is 30.3 Å². The molecular weight excluding hydrogens is 448 g/mol. The van der Waals surface area contributed by atoms with Crippen molar-refractivity contribution in [1.82, 2.24) is 20.3 Å². The number of fused-ring (bicyclic) bond motifs is 1. The van der Waals surface area contributed by atoms with Gasteiger partial charge in [-0.3, -0.25) is 19.6 Å². The predicted molar refractivity (Wildman–Crippen MR) is 129 cm³/mol. The Morgan fingerprint density at radius 3 is 2.54 bits per heavy atom. The van der Waals surface area contributed by atoms with Gasteiger partial charge in [0.2, 0.25) is 0 Å². The van der Waals surface area contributed by atoms with E-state index < -0.39 is 5.91 Å². The molecule has 1 aliphatic rings. The summed E-state index contributed by atoms with van der Waals surface area (Å²) in [5.41, 5.74) is 4.68. The molecule has 9 nitrogen and oxygen atoms in total. The lowest BCUT2D eigenvalue weighted by molar-refractivity contribution is 0.0706. The number of H-pyrrole nitrogens is 1. The average molecular weight is 473 g/mol. The Kier molecular flexibility index (Phi) is 5.84. The Labute approximate surface area is 200 Å². The van der Waals surface area contributed by atoms with Crippen molar-refractivity contribution < 1.29 is 19.5 Å². The number of para-hydroxylation sites is 1. The van der Waals surface area contributed by atoms with Gasteiger partial charge >= 0.3 is 0 Å². The summed E-state index contributed by atoms with van der Waals surface area (Å²) in [6.07, 6.45) is 4.05. The Bertz CT molecular complexity index is 1480. The molecule has 1 aliphatic carbocycles. The maximum atomic E-state index is 12.9. The zero-order chi connectivity index (χ0) is 24.5. The Hall–Kier alpha value is -4.37. The maximum absolute atomic E-state index is 12.9. The standard InChI is InChI=1S/C26H24N4O5/c1-30-14-20(18-4-2-3-5-22(18)35-17-10-11-17)19-12-21(28-23(19)26(30)33)25(32)27-13-15-6-8-16(9-7-15)24(31)29-34/h2-9,12,14,17,28,34H,10-11,13H2,1H3,(H,27,32)(H,29,31). The molecule has 0 aliphatic heterocycles. The second-order valence-electron chi connectivity index (χ2n) is 8.56. The van der Waals surface area contributed by atoms with Crippen LogP contribution in [0.4, 0.5) is 0 Å². The topological polar surface area (TPSA) is 125 Å². The number of pyridine rings is 1. The van der Waals surface area contributed by atoms with Crippen molar-refractivity contribution in [3.05, 3.63) is 88.0 Å².